The van der Waals surface area contributed by atoms with Gasteiger partial charge in [-0.15, -0.1) is 0 Å². The lowest BCUT2D eigenvalue weighted by molar-refractivity contribution is -0.341. The number of rotatable bonds is 3. The summed E-state index contributed by atoms with van der Waals surface area (Å²) in [5, 5.41) is 0. The molecule has 0 unspecified atom stereocenters. The molecule has 26 heavy (non-hydrogen) atoms. The van der Waals surface area contributed by atoms with E-state index in [4.69, 9.17) is 18.6 Å². The number of esters is 1. The van der Waals surface area contributed by atoms with E-state index in [1.165, 1.54) is 6.26 Å². The van der Waals surface area contributed by atoms with Gasteiger partial charge in [0.2, 0.25) is 5.76 Å². The van der Waals surface area contributed by atoms with E-state index in [-0.39, 0.29) is 28.9 Å². The third kappa shape index (κ3) is 3.68. The summed E-state index contributed by atoms with van der Waals surface area (Å²) in [7, 11) is 2.16. The number of hydrogen-bond donors (Lipinski definition) is 0. The lowest BCUT2D eigenvalue weighted by Crippen LogP contribution is -2.67. The average molecular weight is 365 g/mol. The van der Waals surface area contributed by atoms with Gasteiger partial charge in [0.25, 0.3) is 0 Å². The first-order valence-electron chi connectivity index (χ1n) is 9.20. The van der Waals surface area contributed by atoms with Gasteiger partial charge in [0.15, 0.2) is 5.79 Å². The van der Waals surface area contributed by atoms with Crippen molar-refractivity contribution < 1.29 is 23.4 Å². The monoisotopic (exact) mass is 365 g/mol. The molecule has 0 aliphatic carbocycles. The molecule has 0 radical (unpaired) electrons. The number of likely N-dealkylation sites (tertiary alicyclic amines) is 1. The third-order valence-corrected chi connectivity index (χ3v) is 5.86. The van der Waals surface area contributed by atoms with Crippen LogP contribution in [0.5, 0.6) is 0 Å². The van der Waals surface area contributed by atoms with Crippen molar-refractivity contribution in [1.29, 1.82) is 0 Å². The lowest BCUT2D eigenvalue weighted by Gasteiger charge is -2.59. The van der Waals surface area contributed by atoms with Gasteiger partial charge in [-0.25, -0.2) is 4.79 Å². The maximum atomic E-state index is 12.0. The zero-order valence-electron chi connectivity index (χ0n) is 16.8. The molecule has 0 bridgehead atoms. The Hall–Kier alpha value is -1.37. The summed E-state index contributed by atoms with van der Waals surface area (Å²) in [6.45, 7) is 12.1. The molecule has 0 amide bonds. The Bertz CT molecular complexity index is 621. The van der Waals surface area contributed by atoms with E-state index in [9.17, 15) is 4.79 Å². The zero-order valence-corrected chi connectivity index (χ0v) is 16.8. The van der Waals surface area contributed by atoms with E-state index in [1.54, 1.807) is 12.1 Å². The topological polar surface area (TPSA) is 61.1 Å². The molecule has 2 fully saturated rings. The molecule has 0 N–H and O–H groups in total. The second-order valence-electron chi connectivity index (χ2n) is 9.39. The molecule has 0 aromatic carbocycles. The molecular weight excluding hydrogens is 334 g/mol. The summed E-state index contributed by atoms with van der Waals surface area (Å²) < 4.78 is 23.1. The predicted octanol–water partition coefficient (Wildman–Crippen LogP) is 3.47. The van der Waals surface area contributed by atoms with E-state index in [0.717, 1.165) is 12.8 Å². The van der Waals surface area contributed by atoms with E-state index in [1.807, 2.05) is 6.92 Å². The van der Waals surface area contributed by atoms with Crippen LogP contribution in [0.2, 0.25) is 0 Å². The Morgan fingerprint density at radius 2 is 1.69 bits per heavy atom. The highest BCUT2D eigenvalue weighted by molar-refractivity contribution is 5.86. The summed E-state index contributed by atoms with van der Waals surface area (Å²) in [5.74, 6) is -0.830. The molecule has 2 saturated heterocycles. The van der Waals surface area contributed by atoms with Gasteiger partial charge in [-0.05, 0) is 46.9 Å². The molecule has 3 heterocycles. The minimum atomic E-state index is -0.579. The maximum Gasteiger partial charge on any atom is 0.374 e. The second-order valence-corrected chi connectivity index (χ2v) is 9.39. The SMILES string of the molecule is CN1C(C)(C)CC2(CC1(C)C)OCC(C)(COC(=O)c1ccco1)CO2. The van der Waals surface area contributed by atoms with Crippen molar-refractivity contribution in [3.8, 4) is 0 Å². The van der Waals surface area contributed by atoms with Crippen LogP contribution in [0.4, 0.5) is 0 Å². The van der Waals surface area contributed by atoms with Crippen LogP contribution in [-0.2, 0) is 14.2 Å². The van der Waals surface area contributed by atoms with Crippen molar-refractivity contribution in [3.63, 3.8) is 0 Å². The molecule has 6 nitrogen and oxygen atoms in total. The summed E-state index contributed by atoms with van der Waals surface area (Å²) in [4.78, 5) is 14.4. The van der Waals surface area contributed by atoms with Gasteiger partial charge in [0, 0.05) is 29.3 Å². The van der Waals surface area contributed by atoms with Gasteiger partial charge >= 0.3 is 5.97 Å². The number of hydrogen-bond acceptors (Lipinski definition) is 6. The highest BCUT2D eigenvalue weighted by Gasteiger charge is 2.55. The van der Waals surface area contributed by atoms with Crippen LogP contribution in [0.15, 0.2) is 22.8 Å². The van der Waals surface area contributed by atoms with Gasteiger partial charge in [-0.1, -0.05) is 6.92 Å². The van der Waals surface area contributed by atoms with E-state index in [2.05, 4.69) is 39.6 Å². The molecule has 1 spiro atoms. The van der Waals surface area contributed by atoms with Crippen LogP contribution >= 0.6 is 0 Å². The largest absolute Gasteiger partial charge is 0.459 e. The Kier molecular flexibility index (Phi) is 4.74. The molecule has 0 saturated carbocycles. The van der Waals surface area contributed by atoms with Crippen LogP contribution < -0.4 is 0 Å². The van der Waals surface area contributed by atoms with E-state index in [0.29, 0.717) is 13.2 Å². The summed E-state index contributed by atoms with van der Waals surface area (Å²) in [5.41, 5.74) is -0.423. The van der Waals surface area contributed by atoms with Gasteiger partial charge in [0.1, 0.15) is 6.61 Å². The van der Waals surface area contributed by atoms with Crippen molar-refractivity contribution in [2.75, 3.05) is 26.9 Å². The molecule has 1 aromatic rings. The van der Waals surface area contributed by atoms with Crippen LogP contribution in [0.25, 0.3) is 0 Å². The molecule has 1 aromatic heterocycles. The number of piperidine rings is 1. The van der Waals surface area contributed by atoms with Crippen molar-refractivity contribution >= 4 is 5.97 Å². The van der Waals surface area contributed by atoms with Crippen molar-refractivity contribution in [2.45, 2.75) is 64.3 Å². The van der Waals surface area contributed by atoms with Crippen LogP contribution in [0.1, 0.15) is 58.0 Å². The lowest BCUT2D eigenvalue weighted by atomic mass is 9.75. The maximum absolute atomic E-state index is 12.0. The first kappa shape index (κ1) is 19.4. The summed E-state index contributed by atoms with van der Waals surface area (Å²) in [6, 6.07) is 3.26. The van der Waals surface area contributed by atoms with Crippen molar-refractivity contribution in [3.05, 3.63) is 24.2 Å². The smallest absolute Gasteiger partial charge is 0.374 e. The molecule has 146 valence electrons. The number of furan rings is 1. The Balaban J connectivity index is 1.62. The van der Waals surface area contributed by atoms with Crippen LogP contribution in [-0.4, -0.2) is 54.6 Å². The highest BCUT2D eigenvalue weighted by Crippen LogP contribution is 2.47. The Morgan fingerprint density at radius 1 is 1.12 bits per heavy atom. The summed E-state index contributed by atoms with van der Waals surface area (Å²) in [6.07, 6.45) is 3.07. The quantitative estimate of drug-likeness (QED) is 0.765. The standard InChI is InChI=1S/C20H31NO5/c1-17(2)10-20(11-18(3,4)21(17)6)25-13-19(5,14-26-20)12-24-16(22)15-8-7-9-23-15/h7-9H,10-14H2,1-6H3. The number of nitrogens with zero attached hydrogens (tertiary/aromatic N) is 1. The normalized spacial score (nSPS) is 26.5. The number of ether oxygens (including phenoxy) is 3. The molecular formula is C20H31NO5. The Labute approximate surface area is 155 Å². The minimum absolute atomic E-state index is 0.0265. The summed E-state index contributed by atoms with van der Waals surface area (Å²) >= 11 is 0. The Morgan fingerprint density at radius 3 is 2.19 bits per heavy atom. The van der Waals surface area contributed by atoms with Gasteiger partial charge < -0.3 is 18.6 Å². The van der Waals surface area contributed by atoms with Gasteiger partial charge in [-0.2, -0.15) is 0 Å². The highest BCUT2D eigenvalue weighted by atomic mass is 16.7. The van der Waals surface area contributed by atoms with E-state index >= 15 is 0 Å². The van der Waals surface area contributed by atoms with Gasteiger partial charge in [-0.3, -0.25) is 4.90 Å². The fourth-order valence-corrected chi connectivity index (χ4v) is 4.13. The molecule has 3 rings (SSSR count). The minimum Gasteiger partial charge on any atom is -0.459 e. The fourth-order valence-electron chi connectivity index (χ4n) is 4.13. The fraction of sp³-hybridized carbons (Fsp3) is 0.750. The average Bonchev–Trinajstić information content (AvgIpc) is 3.08. The molecule has 2 aliphatic heterocycles. The first-order valence-corrected chi connectivity index (χ1v) is 9.20. The van der Waals surface area contributed by atoms with Crippen LogP contribution in [0.3, 0.4) is 0 Å². The zero-order chi connectivity index (χ0) is 19.2. The van der Waals surface area contributed by atoms with Crippen molar-refractivity contribution in [2.24, 2.45) is 5.41 Å². The molecule has 6 heteroatoms. The predicted molar refractivity (Wildman–Crippen MR) is 96.9 cm³/mol. The van der Waals surface area contributed by atoms with E-state index < -0.39 is 11.8 Å². The second kappa shape index (κ2) is 6.36. The first-order chi connectivity index (χ1) is 12.0. The van der Waals surface area contributed by atoms with Crippen molar-refractivity contribution in [1.82, 2.24) is 4.90 Å². The van der Waals surface area contributed by atoms with Gasteiger partial charge in [0.05, 0.1) is 19.5 Å². The number of carbonyl (C=O) groups is 1. The van der Waals surface area contributed by atoms with Crippen LogP contribution in [0, 0.1) is 5.41 Å². The third-order valence-electron chi connectivity index (χ3n) is 5.86. The molecule has 2 aliphatic rings. The molecule has 0 atom stereocenters. The number of carbonyl (C=O) groups excluding carboxylic acids is 1.